The second-order valence-electron chi connectivity index (χ2n) is 5.78. The number of aryl methyl sites for hydroxylation is 2. The van der Waals surface area contributed by atoms with Gasteiger partial charge in [0, 0.05) is 12.1 Å². The molecule has 0 heterocycles. The summed E-state index contributed by atoms with van der Waals surface area (Å²) in [6, 6.07) is 8.93. The fourth-order valence-electron chi connectivity index (χ4n) is 2.27. The number of nitro benzene ring substituents is 1. The van der Waals surface area contributed by atoms with Gasteiger partial charge in [-0.05, 0) is 38.5 Å². The van der Waals surface area contributed by atoms with E-state index in [2.05, 4.69) is 5.32 Å². The largest absolute Gasteiger partial charge is 0.449 e. The second-order valence-corrected chi connectivity index (χ2v) is 6.18. The van der Waals surface area contributed by atoms with E-state index in [0.717, 1.165) is 17.2 Å². The van der Waals surface area contributed by atoms with Gasteiger partial charge in [0.2, 0.25) is 0 Å². The molecule has 0 aliphatic rings. The number of carbonyl (C=O) groups excluding carboxylic acids is 2. The number of hydrogen-bond donors (Lipinski definition) is 1. The molecule has 0 aliphatic carbocycles. The molecule has 2 aromatic rings. The van der Waals surface area contributed by atoms with Crippen molar-refractivity contribution in [1.29, 1.82) is 0 Å². The Morgan fingerprint density at radius 1 is 1.19 bits per heavy atom. The first-order valence-corrected chi connectivity index (χ1v) is 8.10. The normalized spacial score (nSPS) is 11.5. The molecule has 0 radical (unpaired) electrons. The van der Waals surface area contributed by atoms with E-state index in [1.807, 2.05) is 13.0 Å². The molecule has 0 saturated carbocycles. The summed E-state index contributed by atoms with van der Waals surface area (Å²) in [4.78, 5) is 34.5. The highest BCUT2D eigenvalue weighted by atomic mass is 35.5. The van der Waals surface area contributed by atoms with Crippen molar-refractivity contribution in [3.05, 3.63) is 68.2 Å². The number of esters is 1. The molecule has 0 spiro atoms. The molecule has 26 heavy (non-hydrogen) atoms. The molecule has 0 aliphatic heterocycles. The monoisotopic (exact) mass is 376 g/mol. The van der Waals surface area contributed by atoms with E-state index in [1.165, 1.54) is 19.1 Å². The minimum atomic E-state index is -1.07. The second kappa shape index (κ2) is 7.97. The van der Waals surface area contributed by atoms with Crippen LogP contribution in [0.15, 0.2) is 36.4 Å². The van der Waals surface area contributed by atoms with Crippen molar-refractivity contribution < 1.29 is 19.2 Å². The summed E-state index contributed by atoms with van der Waals surface area (Å²) in [6.45, 7) is 5.12. The maximum absolute atomic E-state index is 12.2. The van der Waals surface area contributed by atoms with Crippen LogP contribution in [-0.4, -0.2) is 22.9 Å². The molecule has 2 rings (SSSR count). The van der Waals surface area contributed by atoms with Crippen LogP contribution < -0.4 is 5.32 Å². The molecule has 7 nitrogen and oxygen atoms in total. The third-order valence-electron chi connectivity index (χ3n) is 3.68. The molecule has 1 amide bonds. The summed E-state index contributed by atoms with van der Waals surface area (Å²) in [7, 11) is 0. The van der Waals surface area contributed by atoms with Gasteiger partial charge >= 0.3 is 5.97 Å². The Hall–Kier alpha value is -2.93. The number of non-ortho nitro benzene ring substituents is 1. The molecule has 1 atom stereocenters. The maximum Gasteiger partial charge on any atom is 0.339 e. The van der Waals surface area contributed by atoms with E-state index in [9.17, 15) is 19.7 Å². The van der Waals surface area contributed by atoms with Gasteiger partial charge in [-0.2, -0.15) is 0 Å². The molecular formula is C18H17ClN2O5. The van der Waals surface area contributed by atoms with Gasteiger partial charge in [-0.25, -0.2) is 4.79 Å². The van der Waals surface area contributed by atoms with E-state index in [4.69, 9.17) is 16.3 Å². The lowest BCUT2D eigenvalue weighted by Gasteiger charge is -2.15. The summed E-state index contributed by atoms with van der Waals surface area (Å²) < 4.78 is 5.19. The third kappa shape index (κ3) is 4.58. The molecule has 8 heteroatoms. The van der Waals surface area contributed by atoms with Crippen LogP contribution in [0.1, 0.15) is 28.4 Å². The quantitative estimate of drug-likeness (QED) is 0.482. The van der Waals surface area contributed by atoms with Crippen molar-refractivity contribution in [2.24, 2.45) is 0 Å². The van der Waals surface area contributed by atoms with Gasteiger partial charge in [-0.15, -0.1) is 0 Å². The lowest BCUT2D eigenvalue weighted by atomic mass is 10.1. The van der Waals surface area contributed by atoms with Gasteiger partial charge in [0.1, 0.15) is 0 Å². The first kappa shape index (κ1) is 19.4. The van der Waals surface area contributed by atoms with Crippen LogP contribution in [0.4, 0.5) is 11.4 Å². The minimum absolute atomic E-state index is 0.0143. The molecular weight excluding hydrogens is 360 g/mol. The van der Waals surface area contributed by atoms with Gasteiger partial charge in [0.25, 0.3) is 11.6 Å². The first-order chi connectivity index (χ1) is 12.2. The highest BCUT2D eigenvalue weighted by molar-refractivity contribution is 6.34. The number of ether oxygens (including phenoxy) is 1. The summed E-state index contributed by atoms with van der Waals surface area (Å²) >= 11 is 5.93. The number of anilines is 1. The van der Waals surface area contributed by atoms with Crippen LogP contribution in [0.25, 0.3) is 0 Å². The predicted molar refractivity (Wildman–Crippen MR) is 97.5 cm³/mol. The van der Waals surface area contributed by atoms with E-state index < -0.39 is 22.9 Å². The Bertz CT molecular complexity index is 882. The number of rotatable bonds is 5. The molecule has 1 N–H and O–H groups in total. The van der Waals surface area contributed by atoms with Gasteiger partial charge < -0.3 is 10.1 Å². The number of carbonyl (C=O) groups is 2. The lowest BCUT2D eigenvalue weighted by Crippen LogP contribution is -2.30. The summed E-state index contributed by atoms with van der Waals surface area (Å²) in [5, 5.41) is 13.2. The summed E-state index contributed by atoms with van der Waals surface area (Å²) in [5.41, 5.74) is 2.14. The van der Waals surface area contributed by atoms with Crippen LogP contribution in [0.5, 0.6) is 0 Å². The van der Waals surface area contributed by atoms with Gasteiger partial charge in [0.05, 0.1) is 21.2 Å². The molecule has 0 bridgehead atoms. The first-order valence-electron chi connectivity index (χ1n) is 7.72. The third-order valence-corrected chi connectivity index (χ3v) is 3.99. The van der Waals surface area contributed by atoms with Crippen molar-refractivity contribution in [2.45, 2.75) is 26.9 Å². The Morgan fingerprint density at radius 3 is 2.46 bits per heavy atom. The zero-order valence-corrected chi connectivity index (χ0v) is 15.2. The number of amides is 1. The van der Waals surface area contributed by atoms with Crippen LogP contribution >= 0.6 is 11.6 Å². The molecule has 0 aromatic heterocycles. The van der Waals surface area contributed by atoms with Crippen molar-refractivity contribution in [2.75, 3.05) is 5.32 Å². The van der Waals surface area contributed by atoms with E-state index in [1.54, 1.807) is 19.1 Å². The van der Waals surface area contributed by atoms with Gasteiger partial charge in [-0.1, -0.05) is 29.3 Å². The van der Waals surface area contributed by atoms with Crippen molar-refractivity contribution in [1.82, 2.24) is 0 Å². The van der Waals surface area contributed by atoms with Crippen molar-refractivity contribution in [3.8, 4) is 0 Å². The number of nitrogens with zero attached hydrogens (tertiary/aromatic N) is 1. The van der Waals surface area contributed by atoms with Gasteiger partial charge in [0.15, 0.2) is 6.10 Å². The predicted octanol–water partition coefficient (Wildman–Crippen LogP) is 4.05. The average Bonchev–Trinajstić information content (AvgIpc) is 2.56. The molecule has 0 unspecified atom stereocenters. The van der Waals surface area contributed by atoms with Crippen LogP contribution in [0.2, 0.25) is 5.02 Å². The maximum atomic E-state index is 12.2. The number of nitrogens with one attached hydrogen (secondary N) is 1. The Balaban J connectivity index is 2.05. The van der Waals surface area contributed by atoms with E-state index in [-0.39, 0.29) is 16.4 Å². The van der Waals surface area contributed by atoms with Crippen molar-refractivity contribution in [3.63, 3.8) is 0 Å². The zero-order chi connectivity index (χ0) is 19.4. The highest BCUT2D eigenvalue weighted by Crippen LogP contribution is 2.26. The number of halogens is 1. The Labute approximate surface area is 155 Å². The highest BCUT2D eigenvalue weighted by Gasteiger charge is 2.21. The molecule has 0 fully saturated rings. The molecule has 136 valence electrons. The summed E-state index contributed by atoms with van der Waals surface area (Å²) in [6.07, 6.45) is -1.07. The Kier molecular flexibility index (Phi) is 5.94. The van der Waals surface area contributed by atoms with E-state index in [0.29, 0.717) is 5.56 Å². The number of nitro groups is 1. The van der Waals surface area contributed by atoms with Crippen LogP contribution in [0.3, 0.4) is 0 Å². The Morgan fingerprint density at radius 2 is 1.88 bits per heavy atom. The SMILES string of the molecule is Cc1ccc(C(=O)O[C@@H](C)C(=O)Nc2ccc([N+](=O)[O-])cc2Cl)c(C)c1. The molecule has 2 aromatic carbocycles. The topological polar surface area (TPSA) is 98.5 Å². The number of benzene rings is 2. The van der Waals surface area contributed by atoms with Gasteiger partial charge in [-0.3, -0.25) is 14.9 Å². The average molecular weight is 377 g/mol. The fourth-order valence-corrected chi connectivity index (χ4v) is 2.50. The smallest absolute Gasteiger partial charge is 0.339 e. The fraction of sp³-hybridized carbons (Fsp3) is 0.222. The van der Waals surface area contributed by atoms with Crippen LogP contribution in [-0.2, 0) is 9.53 Å². The summed E-state index contributed by atoms with van der Waals surface area (Å²) in [5.74, 6) is -1.21. The number of hydrogen-bond acceptors (Lipinski definition) is 5. The molecule has 0 saturated heterocycles. The van der Waals surface area contributed by atoms with E-state index >= 15 is 0 Å². The minimum Gasteiger partial charge on any atom is -0.449 e. The van der Waals surface area contributed by atoms with Crippen LogP contribution in [0, 0.1) is 24.0 Å². The standard InChI is InChI=1S/C18H17ClN2O5/c1-10-4-6-14(11(2)8-10)18(23)26-12(3)17(22)20-16-7-5-13(21(24)25)9-15(16)19/h4-9,12H,1-3H3,(H,20,22)/t12-/m0/s1. The zero-order valence-electron chi connectivity index (χ0n) is 14.4. The lowest BCUT2D eigenvalue weighted by molar-refractivity contribution is -0.384. The van der Waals surface area contributed by atoms with Crippen molar-refractivity contribution >= 4 is 34.9 Å².